The van der Waals surface area contributed by atoms with E-state index in [1.807, 2.05) is 0 Å². The summed E-state index contributed by atoms with van der Waals surface area (Å²) >= 11 is 0. The number of amides is 2. The van der Waals surface area contributed by atoms with E-state index in [1.54, 1.807) is 36.7 Å². The number of rotatable bonds is 4. The van der Waals surface area contributed by atoms with Gasteiger partial charge in [0, 0.05) is 11.6 Å². The molecule has 0 aliphatic carbocycles. The number of urea groups is 1. The van der Waals surface area contributed by atoms with Gasteiger partial charge in [-0.1, -0.05) is 18.2 Å². The highest BCUT2D eigenvalue weighted by molar-refractivity contribution is 6.00. The topological polar surface area (TPSA) is 59.0 Å². The van der Waals surface area contributed by atoms with E-state index >= 15 is 0 Å². The number of aromatic nitrogens is 2. The predicted molar refractivity (Wildman–Crippen MR) is 96.2 cm³/mol. The first-order valence-electron chi connectivity index (χ1n) is 8.15. The van der Waals surface area contributed by atoms with E-state index in [0.29, 0.717) is 28.7 Å². The number of halogens is 3. The molecule has 2 N–H and O–H groups in total. The van der Waals surface area contributed by atoms with Crippen molar-refractivity contribution in [2.24, 2.45) is 0 Å². The molecule has 0 radical (unpaired) electrons. The zero-order valence-corrected chi connectivity index (χ0v) is 14.7. The van der Waals surface area contributed by atoms with Crippen molar-refractivity contribution in [3.8, 4) is 0 Å². The van der Waals surface area contributed by atoms with Crippen LogP contribution in [0.15, 0.2) is 42.5 Å². The molecule has 0 aliphatic heterocycles. The van der Waals surface area contributed by atoms with Gasteiger partial charge in [0.15, 0.2) is 0 Å². The molecule has 3 aromatic rings. The smallest absolute Gasteiger partial charge is 0.305 e. The molecule has 1 aromatic heterocycles. The zero-order chi connectivity index (χ0) is 19.6. The van der Waals surface area contributed by atoms with E-state index in [2.05, 4.69) is 15.7 Å². The molecule has 140 valence electrons. The van der Waals surface area contributed by atoms with E-state index in [1.165, 1.54) is 6.07 Å². The maximum Gasteiger partial charge on any atom is 0.323 e. The fourth-order valence-corrected chi connectivity index (χ4v) is 2.68. The van der Waals surface area contributed by atoms with E-state index in [9.17, 15) is 18.0 Å². The Bertz CT molecular complexity index is 1000. The van der Waals surface area contributed by atoms with Crippen LogP contribution >= 0.6 is 0 Å². The molecule has 2 aromatic carbocycles. The molecular weight excluding hydrogens is 357 g/mol. The summed E-state index contributed by atoms with van der Waals surface area (Å²) in [6.45, 7) is 3.63. The summed E-state index contributed by atoms with van der Waals surface area (Å²) in [5, 5.41) is 9.24. The molecule has 8 heteroatoms. The maximum atomic E-state index is 13.8. The minimum absolute atomic E-state index is 0.150. The van der Waals surface area contributed by atoms with Gasteiger partial charge >= 0.3 is 6.03 Å². The Labute approximate surface area is 153 Å². The first-order chi connectivity index (χ1) is 12.8. The minimum atomic E-state index is -0.881. The number of hydrogen-bond acceptors (Lipinski definition) is 2. The van der Waals surface area contributed by atoms with Crippen LogP contribution in [0.5, 0.6) is 0 Å². The van der Waals surface area contributed by atoms with Crippen LogP contribution in [0.4, 0.5) is 29.3 Å². The average molecular weight is 374 g/mol. The number of nitrogens with zero attached hydrogens (tertiary/aromatic N) is 2. The van der Waals surface area contributed by atoms with E-state index in [-0.39, 0.29) is 18.0 Å². The van der Waals surface area contributed by atoms with Crippen molar-refractivity contribution in [2.45, 2.75) is 20.4 Å². The van der Waals surface area contributed by atoms with Crippen LogP contribution in [0.3, 0.4) is 0 Å². The minimum Gasteiger partial charge on any atom is -0.305 e. The van der Waals surface area contributed by atoms with Crippen molar-refractivity contribution in [1.82, 2.24) is 9.78 Å². The Kier molecular flexibility index (Phi) is 5.16. The number of benzene rings is 2. The van der Waals surface area contributed by atoms with Gasteiger partial charge in [0.05, 0.1) is 29.3 Å². The number of hydrogen-bond donors (Lipinski definition) is 2. The molecule has 0 saturated heterocycles. The van der Waals surface area contributed by atoms with Gasteiger partial charge in [0.1, 0.15) is 17.5 Å². The molecule has 0 bridgehead atoms. The average Bonchev–Trinajstić information content (AvgIpc) is 2.87. The lowest BCUT2D eigenvalue weighted by Gasteiger charge is -2.10. The van der Waals surface area contributed by atoms with Gasteiger partial charge in [-0.25, -0.2) is 18.0 Å². The van der Waals surface area contributed by atoms with E-state index in [4.69, 9.17) is 0 Å². The molecule has 0 fully saturated rings. The van der Waals surface area contributed by atoms with Gasteiger partial charge < -0.3 is 10.6 Å². The van der Waals surface area contributed by atoms with Crippen LogP contribution < -0.4 is 10.6 Å². The summed E-state index contributed by atoms with van der Waals surface area (Å²) in [6, 6.07) is 8.51. The second-order valence-electron chi connectivity index (χ2n) is 6.00. The monoisotopic (exact) mass is 374 g/mol. The molecule has 27 heavy (non-hydrogen) atoms. The third-order valence-electron chi connectivity index (χ3n) is 4.08. The molecule has 5 nitrogen and oxygen atoms in total. The van der Waals surface area contributed by atoms with Crippen LogP contribution in [0, 0.1) is 31.3 Å². The summed E-state index contributed by atoms with van der Waals surface area (Å²) in [5.74, 6) is -1.96. The highest BCUT2D eigenvalue weighted by Crippen LogP contribution is 2.22. The zero-order valence-electron chi connectivity index (χ0n) is 14.7. The van der Waals surface area contributed by atoms with E-state index in [0.717, 1.165) is 12.1 Å². The second-order valence-corrected chi connectivity index (χ2v) is 6.00. The fraction of sp³-hybridized carbons (Fsp3) is 0.158. The molecule has 3 rings (SSSR count). The van der Waals surface area contributed by atoms with Crippen LogP contribution in [0.1, 0.15) is 17.0 Å². The Morgan fingerprint density at radius 1 is 1.04 bits per heavy atom. The van der Waals surface area contributed by atoms with Gasteiger partial charge in [-0.15, -0.1) is 0 Å². The van der Waals surface area contributed by atoms with Crippen LogP contribution in [-0.4, -0.2) is 15.8 Å². The molecular formula is C19H17F3N4O. The van der Waals surface area contributed by atoms with Gasteiger partial charge in [-0.2, -0.15) is 5.10 Å². The standard InChI is InChI=1S/C19H17F3N4O/c1-11-18(24-19(27)23-17-8-7-14(20)9-16(17)22)12(2)26(25-11)10-13-5-3-4-6-15(13)21/h3-9H,10H2,1-2H3,(H2,23,24,27). The van der Waals surface area contributed by atoms with Crippen molar-refractivity contribution in [3.05, 3.63) is 76.9 Å². The van der Waals surface area contributed by atoms with Crippen molar-refractivity contribution in [2.75, 3.05) is 10.6 Å². The maximum absolute atomic E-state index is 13.8. The summed E-state index contributed by atoms with van der Waals surface area (Å²) in [6.07, 6.45) is 0. The van der Waals surface area contributed by atoms with Gasteiger partial charge in [-0.05, 0) is 32.0 Å². The normalized spacial score (nSPS) is 10.7. The fourth-order valence-electron chi connectivity index (χ4n) is 2.68. The van der Waals surface area contributed by atoms with Gasteiger partial charge in [0.2, 0.25) is 0 Å². The van der Waals surface area contributed by atoms with Crippen LogP contribution in [-0.2, 0) is 6.54 Å². The SMILES string of the molecule is Cc1nn(Cc2ccccc2F)c(C)c1NC(=O)Nc1ccc(F)cc1F. The van der Waals surface area contributed by atoms with Crippen molar-refractivity contribution in [3.63, 3.8) is 0 Å². The second kappa shape index (κ2) is 7.53. The largest absolute Gasteiger partial charge is 0.323 e. The lowest BCUT2D eigenvalue weighted by molar-refractivity contribution is 0.262. The lowest BCUT2D eigenvalue weighted by Crippen LogP contribution is -2.21. The molecule has 0 spiro atoms. The Morgan fingerprint density at radius 3 is 2.48 bits per heavy atom. The molecule has 0 aliphatic rings. The third kappa shape index (κ3) is 4.11. The summed E-state index contributed by atoms with van der Waals surface area (Å²) in [7, 11) is 0. The number of carbonyl (C=O) groups excluding carboxylic acids is 1. The number of aryl methyl sites for hydroxylation is 1. The molecule has 1 heterocycles. The number of carbonyl (C=O) groups is 1. The van der Waals surface area contributed by atoms with Crippen LogP contribution in [0.25, 0.3) is 0 Å². The summed E-state index contributed by atoms with van der Waals surface area (Å²) in [4.78, 5) is 12.2. The lowest BCUT2D eigenvalue weighted by atomic mass is 10.2. The molecule has 2 amide bonds. The van der Waals surface area contributed by atoms with Crippen LogP contribution in [0.2, 0.25) is 0 Å². The first-order valence-corrected chi connectivity index (χ1v) is 8.15. The third-order valence-corrected chi connectivity index (χ3v) is 4.08. The molecule has 0 unspecified atom stereocenters. The quantitative estimate of drug-likeness (QED) is 0.701. The number of anilines is 2. The Balaban J connectivity index is 1.76. The Morgan fingerprint density at radius 2 is 1.78 bits per heavy atom. The summed E-state index contributed by atoms with van der Waals surface area (Å²) in [5.41, 5.74) is 1.89. The van der Waals surface area contributed by atoms with E-state index < -0.39 is 17.7 Å². The van der Waals surface area contributed by atoms with Crippen molar-refractivity contribution in [1.29, 1.82) is 0 Å². The highest BCUT2D eigenvalue weighted by Gasteiger charge is 2.16. The molecule has 0 saturated carbocycles. The van der Waals surface area contributed by atoms with Crippen molar-refractivity contribution < 1.29 is 18.0 Å². The van der Waals surface area contributed by atoms with Gasteiger partial charge in [-0.3, -0.25) is 4.68 Å². The molecule has 0 atom stereocenters. The predicted octanol–water partition coefficient (Wildman–Crippen LogP) is 4.61. The van der Waals surface area contributed by atoms with Gasteiger partial charge in [0.25, 0.3) is 0 Å². The first kappa shape index (κ1) is 18.5. The Hall–Kier alpha value is -3.29. The highest BCUT2D eigenvalue weighted by atomic mass is 19.1. The summed E-state index contributed by atoms with van der Waals surface area (Å²) < 4.78 is 42.0. The number of nitrogens with one attached hydrogen (secondary N) is 2. The van der Waals surface area contributed by atoms with Crippen molar-refractivity contribution >= 4 is 17.4 Å².